The lowest BCUT2D eigenvalue weighted by molar-refractivity contribution is -0.138. The molecule has 2 atom stereocenters. The van der Waals surface area contributed by atoms with Crippen LogP contribution in [0.5, 0.6) is 0 Å². The molecule has 2 heterocycles. The highest BCUT2D eigenvalue weighted by atomic mass is 19.4. The summed E-state index contributed by atoms with van der Waals surface area (Å²) in [7, 11) is 0. The van der Waals surface area contributed by atoms with Crippen LogP contribution in [0.25, 0.3) is 0 Å². The third-order valence-corrected chi connectivity index (χ3v) is 7.44. The van der Waals surface area contributed by atoms with Crippen molar-refractivity contribution in [3.8, 4) is 0 Å². The molecule has 1 aromatic carbocycles. The number of hydrogen-bond acceptors (Lipinski definition) is 3. The first-order valence-corrected chi connectivity index (χ1v) is 11.1. The molecule has 0 radical (unpaired) electrons. The van der Waals surface area contributed by atoms with Crippen LogP contribution in [-0.4, -0.2) is 31.7 Å². The van der Waals surface area contributed by atoms with Gasteiger partial charge in [-0.25, -0.2) is 0 Å². The maximum absolute atomic E-state index is 13.2. The number of ether oxygens (including phenoxy) is 1. The molecule has 4 nitrogen and oxygen atoms in total. The van der Waals surface area contributed by atoms with Gasteiger partial charge in [0, 0.05) is 18.3 Å². The number of rotatable bonds is 3. The maximum atomic E-state index is 13.2. The molecule has 1 amide bonds. The van der Waals surface area contributed by atoms with Gasteiger partial charge in [0.15, 0.2) is 0 Å². The molecule has 4 rings (SSSR count). The second-order valence-electron chi connectivity index (χ2n) is 9.39. The van der Waals surface area contributed by atoms with Crippen LogP contribution in [0, 0.1) is 24.2 Å². The van der Waals surface area contributed by atoms with Crippen molar-refractivity contribution in [2.75, 3.05) is 25.1 Å². The van der Waals surface area contributed by atoms with Crippen LogP contribution in [0.4, 0.5) is 18.9 Å². The van der Waals surface area contributed by atoms with Gasteiger partial charge in [-0.2, -0.15) is 13.2 Å². The van der Waals surface area contributed by atoms with Gasteiger partial charge in [0.2, 0.25) is 5.91 Å². The van der Waals surface area contributed by atoms with E-state index in [2.05, 4.69) is 10.6 Å². The van der Waals surface area contributed by atoms with E-state index in [-0.39, 0.29) is 29.1 Å². The smallest absolute Gasteiger partial charge is 0.381 e. The Morgan fingerprint density at radius 3 is 2.63 bits per heavy atom. The highest BCUT2D eigenvalue weighted by Crippen LogP contribution is 2.46. The third-order valence-electron chi connectivity index (χ3n) is 7.44. The quantitative estimate of drug-likeness (QED) is 0.724. The standard InChI is InChI=1S/C23H31F3N2O2/c1-15-4-5-17(13-19(15)23(24,25)26)28-21(29)18-3-2-11-27-20(18)16-6-8-22(9-7-16)10-12-30-14-22/h4-5,13,16,18,20,27H,2-3,6-12,14H2,1H3,(H,28,29)/t16?,18?,20-,22?/m0/s1. The van der Waals surface area contributed by atoms with Crippen molar-refractivity contribution in [3.05, 3.63) is 29.3 Å². The Morgan fingerprint density at radius 1 is 1.20 bits per heavy atom. The highest BCUT2D eigenvalue weighted by molar-refractivity contribution is 5.93. The molecule has 2 aliphatic heterocycles. The van der Waals surface area contributed by atoms with Gasteiger partial charge < -0.3 is 15.4 Å². The zero-order chi connectivity index (χ0) is 21.4. The van der Waals surface area contributed by atoms with Crippen LogP contribution in [0.1, 0.15) is 56.1 Å². The van der Waals surface area contributed by atoms with Gasteiger partial charge in [0.05, 0.1) is 18.1 Å². The topological polar surface area (TPSA) is 50.4 Å². The minimum absolute atomic E-state index is 0.0888. The average Bonchev–Trinajstić information content (AvgIpc) is 3.17. The van der Waals surface area contributed by atoms with Crippen LogP contribution in [0.2, 0.25) is 0 Å². The van der Waals surface area contributed by atoms with E-state index in [0.29, 0.717) is 11.3 Å². The molecule has 7 heteroatoms. The Hall–Kier alpha value is -1.60. The van der Waals surface area contributed by atoms with E-state index in [1.807, 2.05) is 0 Å². The van der Waals surface area contributed by atoms with Crippen molar-refractivity contribution in [3.63, 3.8) is 0 Å². The number of nitrogens with one attached hydrogen (secondary N) is 2. The van der Waals surface area contributed by atoms with Crippen LogP contribution < -0.4 is 10.6 Å². The molecule has 1 saturated carbocycles. The zero-order valence-corrected chi connectivity index (χ0v) is 17.5. The predicted molar refractivity (Wildman–Crippen MR) is 109 cm³/mol. The number of alkyl halides is 3. The van der Waals surface area contributed by atoms with E-state index < -0.39 is 11.7 Å². The first kappa shape index (κ1) is 21.6. The molecule has 2 saturated heterocycles. The fourth-order valence-electron chi connectivity index (χ4n) is 5.60. The summed E-state index contributed by atoms with van der Waals surface area (Å²) in [5, 5.41) is 6.33. The number of anilines is 1. The van der Waals surface area contributed by atoms with Crippen molar-refractivity contribution >= 4 is 11.6 Å². The summed E-state index contributed by atoms with van der Waals surface area (Å²) < 4.78 is 45.3. The van der Waals surface area contributed by atoms with Gasteiger partial charge in [0.25, 0.3) is 0 Å². The van der Waals surface area contributed by atoms with Crippen molar-refractivity contribution in [1.82, 2.24) is 5.32 Å². The number of hydrogen-bond donors (Lipinski definition) is 2. The van der Waals surface area contributed by atoms with Gasteiger partial charge in [0.1, 0.15) is 0 Å². The molecule has 166 valence electrons. The summed E-state index contributed by atoms with van der Waals surface area (Å²) in [6.45, 7) is 4.03. The Labute approximate surface area is 175 Å². The van der Waals surface area contributed by atoms with E-state index in [9.17, 15) is 18.0 Å². The number of aryl methyl sites for hydroxylation is 1. The highest BCUT2D eigenvalue weighted by Gasteiger charge is 2.43. The van der Waals surface area contributed by atoms with Gasteiger partial charge in [-0.1, -0.05) is 6.07 Å². The van der Waals surface area contributed by atoms with Crippen LogP contribution in [0.3, 0.4) is 0 Å². The summed E-state index contributed by atoms with van der Waals surface area (Å²) in [6.07, 6.45) is 2.81. The van der Waals surface area contributed by atoms with Crippen molar-refractivity contribution in [2.45, 2.75) is 64.1 Å². The minimum atomic E-state index is -4.43. The van der Waals surface area contributed by atoms with Crippen LogP contribution >= 0.6 is 0 Å². The minimum Gasteiger partial charge on any atom is -0.381 e. The molecule has 1 unspecified atom stereocenters. The van der Waals surface area contributed by atoms with Gasteiger partial charge in [-0.15, -0.1) is 0 Å². The Bertz CT molecular complexity index is 764. The molecular formula is C23H31F3N2O2. The molecule has 1 aromatic rings. The first-order chi connectivity index (χ1) is 14.3. The fourth-order valence-corrected chi connectivity index (χ4v) is 5.60. The third kappa shape index (κ3) is 4.52. The zero-order valence-electron chi connectivity index (χ0n) is 17.5. The number of halogens is 3. The average molecular weight is 425 g/mol. The fraction of sp³-hybridized carbons (Fsp3) is 0.696. The second kappa shape index (κ2) is 8.50. The maximum Gasteiger partial charge on any atom is 0.416 e. The van der Waals surface area contributed by atoms with E-state index in [0.717, 1.165) is 70.8 Å². The summed E-state index contributed by atoms with van der Waals surface area (Å²) >= 11 is 0. The lowest BCUT2D eigenvalue weighted by Gasteiger charge is -2.43. The Morgan fingerprint density at radius 2 is 1.97 bits per heavy atom. The molecule has 2 N–H and O–H groups in total. The molecular weight excluding hydrogens is 393 g/mol. The van der Waals surface area contributed by atoms with Crippen LogP contribution in [-0.2, 0) is 15.7 Å². The monoisotopic (exact) mass is 424 g/mol. The Kier molecular flexibility index (Phi) is 6.13. The van der Waals surface area contributed by atoms with E-state index >= 15 is 0 Å². The van der Waals surface area contributed by atoms with Crippen LogP contribution in [0.15, 0.2) is 18.2 Å². The normalized spacial score (nSPS) is 32.3. The van der Waals surface area contributed by atoms with Crippen molar-refractivity contribution in [2.24, 2.45) is 17.3 Å². The largest absolute Gasteiger partial charge is 0.416 e. The van der Waals surface area contributed by atoms with Gasteiger partial charge in [-0.3, -0.25) is 4.79 Å². The molecule has 3 aliphatic rings. The number of piperidine rings is 1. The van der Waals surface area contributed by atoms with E-state index in [1.165, 1.54) is 13.0 Å². The lowest BCUT2D eigenvalue weighted by Crippen LogP contribution is -2.51. The molecule has 1 aliphatic carbocycles. The Balaban J connectivity index is 1.43. The summed E-state index contributed by atoms with van der Waals surface area (Å²) in [4.78, 5) is 13.1. The first-order valence-electron chi connectivity index (χ1n) is 11.1. The molecule has 0 bridgehead atoms. The second-order valence-corrected chi connectivity index (χ2v) is 9.39. The number of amides is 1. The summed E-state index contributed by atoms with van der Waals surface area (Å²) in [5.74, 6) is 0.0398. The lowest BCUT2D eigenvalue weighted by atomic mass is 9.66. The van der Waals surface area contributed by atoms with Gasteiger partial charge in [-0.05, 0) is 87.4 Å². The van der Waals surface area contributed by atoms with Crippen molar-refractivity contribution < 1.29 is 22.7 Å². The summed E-state index contributed by atoms with van der Waals surface area (Å²) in [6, 6.07) is 4.10. The number of carbonyl (C=O) groups is 1. The molecule has 3 fully saturated rings. The van der Waals surface area contributed by atoms with Gasteiger partial charge >= 0.3 is 6.18 Å². The van der Waals surface area contributed by atoms with E-state index in [4.69, 9.17) is 4.74 Å². The number of benzene rings is 1. The predicted octanol–water partition coefficient (Wildman–Crippen LogP) is 4.92. The van der Waals surface area contributed by atoms with E-state index in [1.54, 1.807) is 6.07 Å². The summed E-state index contributed by atoms with van der Waals surface area (Å²) in [5.41, 5.74) is 0.00592. The molecule has 30 heavy (non-hydrogen) atoms. The number of carbonyl (C=O) groups excluding carboxylic acids is 1. The molecule has 0 aromatic heterocycles. The molecule has 1 spiro atoms. The SMILES string of the molecule is Cc1ccc(NC(=O)C2CCCN[C@H]2C2CCC3(CCOC3)CC2)cc1C(F)(F)F. The van der Waals surface area contributed by atoms with Crippen molar-refractivity contribution in [1.29, 1.82) is 0 Å².